The highest BCUT2D eigenvalue weighted by Crippen LogP contribution is 2.16. The molecule has 3 heteroatoms. The number of carbonyl (C=O) groups excluding carboxylic acids is 1. The van der Waals surface area contributed by atoms with E-state index in [9.17, 15) is 4.79 Å². The summed E-state index contributed by atoms with van der Waals surface area (Å²) in [4.78, 5) is 11.3. The standard InChI is InChI=1S/C13H24N2O/c1-2-9-15-13(16)8-10-14-11-12-6-4-3-5-7-12/h3-4,12,14H,2,5-11H2,1H3,(H,15,16). The molecule has 0 aromatic carbocycles. The van der Waals surface area contributed by atoms with Crippen LogP contribution < -0.4 is 10.6 Å². The molecule has 1 rings (SSSR count). The Hall–Kier alpha value is -0.830. The largest absolute Gasteiger partial charge is 0.356 e. The lowest BCUT2D eigenvalue weighted by Gasteiger charge is -2.17. The predicted molar refractivity (Wildman–Crippen MR) is 67.3 cm³/mol. The lowest BCUT2D eigenvalue weighted by atomic mass is 9.94. The van der Waals surface area contributed by atoms with Gasteiger partial charge in [0.1, 0.15) is 0 Å². The molecule has 0 aromatic rings. The number of nitrogens with one attached hydrogen (secondary N) is 2. The molecule has 0 bridgehead atoms. The summed E-state index contributed by atoms with van der Waals surface area (Å²) in [6.07, 6.45) is 9.82. The number of rotatable bonds is 7. The van der Waals surface area contributed by atoms with E-state index in [1.807, 2.05) is 0 Å². The van der Waals surface area contributed by atoms with Crippen LogP contribution in [-0.4, -0.2) is 25.5 Å². The number of carbonyl (C=O) groups is 1. The van der Waals surface area contributed by atoms with E-state index in [4.69, 9.17) is 0 Å². The van der Waals surface area contributed by atoms with E-state index in [1.165, 1.54) is 19.3 Å². The Morgan fingerprint density at radius 2 is 2.25 bits per heavy atom. The number of amides is 1. The van der Waals surface area contributed by atoms with Gasteiger partial charge < -0.3 is 10.6 Å². The first kappa shape index (κ1) is 13.2. The Morgan fingerprint density at radius 1 is 1.38 bits per heavy atom. The molecule has 16 heavy (non-hydrogen) atoms. The zero-order valence-corrected chi connectivity index (χ0v) is 10.3. The highest BCUT2D eigenvalue weighted by Gasteiger charge is 2.09. The van der Waals surface area contributed by atoms with Gasteiger partial charge >= 0.3 is 0 Å². The van der Waals surface area contributed by atoms with Crippen molar-refractivity contribution < 1.29 is 4.79 Å². The molecule has 1 unspecified atom stereocenters. The van der Waals surface area contributed by atoms with Crippen molar-refractivity contribution in [3.05, 3.63) is 12.2 Å². The molecule has 3 nitrogen and oxygen atoms in total. The van der Waals surface area contributed by atoms with E-state index in [0.29, 0.717) is 6.42 Å². The highest BCUT2D eigenvalue weighted by atomic mass is 16.1. The minimum absolute atomic E-state index is 0.165. The summed E-state index contributed by atoms with van der Waals surface area (Å²) in [5.41, 5.74) is 0. The molecule has 0 radical (unpaired) electrons. The summed E-state index contributed by atoms with van der Waals surface area (Å²) < 4.78 is 0. The molecule has 2 N–H and O–H groups in total. The Labute approximate surface area is 98.7 Å². The van der Waals surface area contributed by atoms with Crippen LogP contribution in [-0.2, 0) is 4.79 Å². The van der Waals surface area contributed by atoms with E-state index >= 15 is 0 Å². The monoisotopic (exact) mass is 224 g/mol. The molecule has 0 saturated heterocycles. The second kappa shape index (κ2) is 8.34. The summed E-state index contributed by atoms with van der Waals surface area (Å²) in [5, 5.41) is 6.25. The van der Waals surface area contributed by atoms with Crippen LogP contribution >= 0.6 is 0 Å². The Kier molecular flexibility index (Phi) is 6.90. The highest BCUT2D eigenvalue weighted by molar-refractivity contribution is 5.75. The van der Waals surface area contributed by atoms with Crippen LogP contribution in [0.15, 0.2) is 12.2 Å². The molecule has 92 valence electrons. The van der Waals surface area contributed by atoms with E-state index < -0.39 is 0 Å². The lowest BCUT2D eigenvalue weighted by Crippen LogP contribution is -2.30. The molecule has 0 aliphatic heterocycles. The van der Waals surface area contributed by atoms with Crippen molar-refractivity contribution in [2.45, 2.75) is 39.0 Å². The normalized spacial score (nSPS) is 19.7. The maximum absolute atomic E-state index is 11.3. The lowest BCUT2D eigenvalue weighted by molar-refractivity contribution is -0.120. The Morgan fingerprint density at radius 3 is 2.94 bits per heavy atom. The van der Waals surface area contributed by atoms with Crippen LogP contribution in [0.1, 0.15) is 39.0 Å². The van der Waals surface area contributed by atoms with E-state index in [-0.39, 0.29) is 5.91 Å². The van der Waals surface area contributed by atoms with Crippen LogP contribution in [0.5, 0.6) is 0 Å². The van der Waals surface area contributed by atoms with Gasteiger partial charge in [0, 0.05) is 19.5 Å². The van der Waals surface area contributed by atoms with Crippen molar-refractivity contribution in [3.8, 4) is 0 Å². The molecule has 0 aromatic heterocycles. The fourth-order valence-electron chi connectivity index (χ4n) is 1.90. The molecular weight excluding hydrogens is 200 g/mol. The zero-order chi connectivity index (χ0) is 11.6. The summed E-state index contributed by atoms with van der Waals surface area (Å²) in [6.45, 7) is 4.71. The van der Waals surface area contributed by atoms with Gasteiger partial charge in [0.2, 0.25) is 5.91 Å². The molecule has 1 aliphatic rings. The molecule has 1 amide bonds. The quantitative estimate of drug-likeness (QED) is 0.512. The fourth-order valence-corrected chi connectivity index (χ4v) is 1.90. The van der Waals surface area contributed by atoms with Crippen molar-refractivity contribution in [1.82, 2.24) is 10.6 Å². The fraction of sp³-hybridized carbons (Fsp3) is 0.769. The molecule has 1 aliphatic carbocycles. The van der Waals surface area contributed by atoms with Gasteiger partial charge in [-0.15, -0.1) is 0 Å². The Bertz CT molecular complexity index is 226. The molecule has 1 atom stereocenters. The van der Waals surface area contributed by atoms with Crippen LogP contribution in [0.4, 0.5) is 0 Å². The second-order valence-corrected chi connectivity index (χ2v) is 4.45. The van der Waals surface area contributed by atoms with Crippen LogP contribution in [0.3, 0.4) is 0 Å². The summed E-state index contributed by atoms with van der Waals surface area (Å²) >= 11 is 0. The molecular formula is C13H24N2O. The van der Waals surface area contributed by atoms with E-state index in [0.717, 1.165) is 32.0 Å². The average molecular weight is 224 g/mol. The van der Waals surface area contributed by atoms with E-state index in [1.54, 1.807) is 0 Å². The summed E-state index contributed by atoms with van der Waals surface area (Å²) in [7, 11) is 0. The van der Waals surface area contributed by atoms with Crippen molar-refractivity contribution in [3.63, 3.8) is 0 Å². The third-order valence-electron chi connectivity index (χ3n) is 2.91. The topological polar surface area (TPSA) is 41.1 Å². The molecule has 0 spiro atoms. The predicted octanol–water partition coefficient (Wildman–Crippen LogP) is 1.85. The first-order valence-electron chi connectivity index (χ1n) is 6.45. The number of hydrogen-bond donors (Lipinski definition) is 2. The first-order valence-corrected chi connectivity index (χ1v) is 6.45. The number of hydrogen-bond acceptors (Lipinski definition) is 2. The van der Waals surface area contributed by atoms with Gasteiger partial charge in [-0.1, -0.05) is 19.1 Å². The van der Waals surface area contributed by atoms with Crippen LogP contribution in [0, 0.1) is 5.92 Å². The third-order valence-corrected chi connectivity index (χ3v) is 2.91. The van der Waals surface area contributed by atoms with Crippen molar-refractivity contribution in [1.29, 1.82) is 0 Å². The molecule has 0 heterocycles. The van der Waals surface area contributed by atoms with Gasteiger partial charge in [-0.3, -0.25) is 4.79 Å². The average Bonchev–Trinajstić information content (AvgIpc) is 2.33. The smallest absolute Gasteiger partial charge is 0.221 e. The van der Waals surface area contributed by atoms with Gasteiger partial charge in [0.25, 0.3) is 0 Å². The van der Waals surface area contributed by atoms with Crippen LogP contribution in [0.25, 0.3) is 0 Å². The van der Waals surface area contributed by atoms with Gasteiger partial charge in [0.05, 0.1) is 0 Å². The third kappa shape index (κ3) is 5.91. The molecule has 0 fully saturated rings. The van der Waals surface area contributed by atoms with Crippen molar-refractivity contribution >= 4 is 5.91 Å². The van der Waals surface area contributed by atoms with Crippen molar-refractivity contribution in [2.24, 2.45) is 5.92 Å². The van der Waals surface area contributed by atoms with Gasteiger partial charge in [0.15, 0.2) is 0 Å². The first-order chi connectivity index (χ1) is 7.83. The molecule has 0 saturated carbocycles. The van der Waals surface area contributed by atoms with Gasteiger partial charge in [-0.2, -0.15) is 0 Å². The second-order valence-electron chi connectivity index (χ2n) is 4.45. The SMILES string of the molecule is CCCNC(=O)CCNCC1CC=CCC1. The van der Waals surface area contributed by atoms with Gasteiger partial charge in [-0.25, -0.2) is 0 Å². The summed E-state index contributed by atoms with van der Waals surface area (Å²) in [5.74, 6) is 0.932. The maximum atomic E-state index is 11.3. The van der Waals surface area contributed by atoms with Crippen molar-refractivity contribution in [2.75, 3.05) is 19.6 Å². The number of allylic oxidation sites excluding steroid dienone is 2. The minimum Gasteiger partial charge on any atom is -0.356 e. The van der Waals surface area contributed by atoms with Gasteiger partial charge in [-0.05, 0) is 38.1 Å². The minimum atomic E-state index is 0.165. The zero-order valence-electron chi connectivity index (χ0n) is 10.3. The van der Waals surface area contributed by atoms with Crippen LogP contribution in [0.2, 0.25) is 0 Å². The summed E-state index contributed by atoms with van der Waals surface area (Å²) in [6, 6.07) is 0. The Balaban J connectivity index is 1.94. The maximum Gasteiger partial charge on any atom is 0.221 e. The van der Waals surface area contributed by atoms with E-state index in [2.05, 4.69) is 29.7 Å².